The second-order valence-corrected chi connectivity index (χ2v) is 6.03. The highest BCUT2D eigenvalue weighted by atomic mass is 79.9. The maximum Gasteiger partial charge on any atom is 0.238 e. The summed E-state index contributed by atoms with van der Waals surface area (Å²) in [5.41, 5.74) is 0.731. The Kier molecular flexibility index (Phi) is 5.58. The number of hydrogen-bond donors (Lipinski definition) is 2. The number of rotatable bonds is 6. The Labute approximate surface area is 130 Å². The van der Waals surface area contributed by atoms with Crippen LogP contribution in [0.4, 0.5) is 5.69 Å². The van der Waals surface area contributed by atoms with Crippen LogP contribution in [0.15, 0.2) is 40.2 Å². The summed E-state index contributed by atoms with van der Waals surface area (Å²) < 4.78 is 6.18. The summed E-state index contributed by atoms with van der Waals surface area (Å²) in [5.74, 6) is 0.646. The van der Waals surface area contributed by atoms with Gasteiger partial charge in [-0.3, -0.25) is 4.79 Å². The molecule has 0 saturated carbocycles. The Bertz CT molecular complexity index is 586. The molecule has 1 aromatic carbocycles. The highest BCUT2D eigenvalue weighted by Crippen LogP contribution is 2.19. The number of carbonyl (C=O) groups is 1. The van der Waals surface area contributed by atoms with E-state index in [0.717, 1.165) is 15.9 Å². The van der Waals surface area contributed by atoms with Gasteiger partial charge in [0.25, 0.3) is 0 Å². The Morgan fingerprint density at radius 3 is 2.95 bits per heavy atom. The van der Waals surface area contributed by atoms with Crippen LogP contribution < -0.4 is 15.4 Å². The van der Waals surface area contributed by atoms with Gasteiger partial charge in [0.15, 0.2) is 0 Å². The first-order valence-corrected chi connectivity index (χ1v) is 7.72. The van der Waals surface area contributed by atoms with Gasteiger partial charge in [0.1, 0.15) is 5.75 Å². The predicted octanol–water partition coefficient (Wildman–Crippen LogP) is 3.25. The molecule has 1 amide bonds. The molecule has 0 spiro atoms. The molecular formula is C14H15BrN2O2S. The first-order chi connectivity index (χ1) is 9.67. The lowest BCUT2D eigenvalue weighted by molar-refractivity contribution is -0.115. The lowest BCUT2D eigenvalue weighted by atomic mass is 10.3. The molecule has 0 aliphatic heterocycles. The molecule has 6 heteroatoms. The van der Waals surface area contributed by atoms with E-state index < -0.39 is 0 Å². The molecule has 1 aromatic heterocycles. The van der Waals surface area contributed by atoms with Gasteiger partial charge in [-0.15, -0.1) is 11.3 Å². The molecule has 2 rings (SSSR count). The van der Waals surface area contributed by atoms with Gasteiger partial charge in [0.2, 0.25) is 5.91 Å². The number of methoxy groups -OCH3 is 1. The number of nitrogens with one attached hydrogen (secondary N) is 2. The predicted molar refractivity (Wildman–Crippen MR) is 85.3 cm³/mol. The summed E-state index contributed by atoms with van der Waals surface area (Å²) in [4.78, 5) is 13.0. The van der Waals surface area contributed by atoms with Gasteiger partial charge in [-0.2, -0.15) is 0 Å². The highest BCUT2D eigenvalue weighted by molar-refractivity contribution is 9.10. The van der Waals surface area contributed by atoms with Gasteiger partial charge in [-0.25, -0.2) is 0 Å². The summed E-state index contributed by atoms with van der Waals surface area (Å²) >= 11 is 5.05. The van der Waals surface area contributed by atoms with E-state index in [1.165, 1.54) is 4.88 Å². The lowest BCUT2D eigenvalue weighted by Gasteiger charge is -2.07. The van der Waals surface area contributed by atoms with Gasteiger partial charge >= 0.3 is 0 Å². The third-order valence-corrected chi connectivity index (χ3v) is 4.26. The van der Waals surface area contributed by atoms with Crippen molar-refractivity contribution in [2.24, 2.45) is 0 Å². The third-order valence-electron chi connectivity index (χ3n) is 2.56. The Hall–Kier alpha value is -1.37. The van der Waals surface area contributed by atoms with Crippen LogP contribution in [0.5, 0.6) is 5.75 Å². The Balaban J connectivity index is 1.77. The topological polar surface area (TPSA) is 50.4 Å². The van der Waals surface area contributed by atoms with Crippen molar-refractivity contribution >= 4 is 38.9 Å². The molecule has 0 aliphatic rings. The van der Waals surface area contributed by atoms with Crippen molar-refractivity contribution in [2.45, 2.75) is 6.54 Å². The molecule has 0 unspecified atom stereocenters. The zero-order valence-electron chi connectivity index (χ0n) is 11.0. The van der Waals surface area contributed by atoms with Crippen molar-refractivity contribution in [1.29, 1.82) is 0 Å². The van der Waals surface area contributed by atoms with Crippen molar-refractivity contribution in [3.63, 3.8) is 0 Å². The number of carbonyl (C=O) groups excluding carboxylic acids is 1. The quantitative estimate of drug-likeness (QED) is 0.836. The van der Waals surface area contributed by atoms with Crippen LogP contribution in [0.3, 0.4) is 0 Å². The molecule has 2 N–H and O–H groups in total. The molecular weight excluding hydrogens is 340 g/mol. The van der Waals surface area contributed by atoms with E-state index in [1.807, 2.05) is 29.6 Å². The van der Waals surface area contributed by atoms with E-state index in [0.29, 0.717) is 6.54 Å². The molecule has 0 saturated heterocycles. The fourth-order valence-corrected chi connectivity index (χ4v) is 3.07. The molecule has 0 aliphatic carbocycles. The van der Waals surface area contributed by atoms with Gasteiger partial charge < -0.3 is 15.4 Å². The Morgan fingerprint density at radius 2 is 2.25 bits per heavy atom. The van der Waals surface area contributed by atoms with E-state index in [2.05, 4.69) is 26.6 Å². The van der Waals surface area contributed by atoms with E-state index in [1.54, 1.807) is 24.5 Å². The van der Waals surface area contributed by atoms with Crippen LogP contribution in [0, 0.1) is 0 Å². The normalized spacial score (nSPS) is 10.3. The van der Waals surface area contributed by atoms with Crippen LogP contribution in [0.2, 0.25) is 0 Å². The highest BCUT2D eigenvalue weighted by Gasteiger charge is 2.04. The monoisotopic (exact) mass is 354 g/mol. The van der Waals surface area contributed by atoms with E-state index >= 15 is 0 Å². The molecule has 0 fully saturated rings. The number of benzene rings is 1. The van der Waals surface area contributed by atoms with Crippen LogP contribution in [-0.2, 0) is 11.3 Å². The minimum atomic E-state index is -0.0751. The molecule has 0 bridgehead atoms. The number of amides is 1. The number of hydrogen-bond acceptors (Lipinski definition) is 4. The second kappa shape index (κ2) is 7.42. The average molecular weight is 355 g/mol. The lowest BCUT2D eigenvalue weighted by Crippen LogP contribution is -2.27. The minimum absolute atomic E-state index is 0.0751. The number of thiophene rings is 1. The third kappa shape index (κ3) is 4.63. The second-order valence-electron chi connectivity index (χ2n) is 4.11. The molecule has 106 valence electrons. The standard InChI is InChI=1S/C14H15BrN2O2S/c1-19-12-4-2-3-11(6-12)17-14(18)8-16-7-13-5-10(15)9-20-13/h2-6,9,16H,7-8H2,1H3,(H,17,18). The summed E-state index contributed by atoms with van der Waals surface area (Å²) in [6.07, 6.45) is 0. The van der Waals surface area contributed by atoms with Gasteiger partial charge in [-0.05, 0) is 34.1 Å². The summed E-state index contributed by atoms with van der Waals surface area (Å²) in [6.45, 7) is 0.953. The minimum Gasteiger partial charge on any atom is -0.497 e. The van der Waals surface area contributed by atoms with Gasteiger partial charge in [0.05, 0.1) is 13.7 Å². The van der Waals surface area contributed by atoms with Crippen LogP contribution in [0.1, 0.15) is 4.88 Å². The fraction of sp³-hybridized carbons (Fsp3) is 0.214. The van der Waals surface area contributed by atoms with Crippen molar-refractivity contribution in [3.05, 3.63) is 45.1 Å². The van der Waals surface area contributed by atoms with E-state index in [-0.39, 0.29) is 12.5 Å². The Morgan fingerprint density at radius 1 is 1.40 bits per heavy atom. The number of anilines is 1. The zero-order chi connectivity index (χ0) is 14.4. The average Bonchev–Trinajstić information content (AvgIpc) is 2.84. The van der Waals surface area contributed by atoms with Gasteiger partial charge in [-0.1, -0.05) is 6.07 Å². The van der Waals surface area contributed by atoms with Crippen molar-refractivity contribution in [1.82, 2.24) is 5.32 Å². The maximum atomic E-state index is 11.8. The first kappa shape index (κ1) is 15.0. The molecule has 1 heterocycles. The first-order valence-electron chi connectivity index (χ1n) is 6.05. The summed E-state index contributed by atoms with van der Waals surface area (Å²) in [7, 11) is 1.60. The summed E-state index contributed by atoms with van der Waals surface area (Å²) in [6, 6.07) is 9.33. The molecule has 4 nitrogen and oxygen atoms in total. The van der Waals surface area contributed by atoms with Gasteiger partial charge in [0, 0.05) is 33.0 Å². The number of halogens is 1. The molecule has 0 radical (unpaired) electrons. The fourth-order valence-electron chi connectivity index (χ4n) is 1.65. The molecule has 0 atom stereocenters. The SMILES string of the molecule is COc1cccc(NC(=O)CNCc2cc(Br)cs2)c1. The smallest absolute Gasteiger partial charge is 0.238 e. The van der Waals surface area contributed by atoms with Crippen LogP contribution >= 0.6 is 27.3 Å². The zero-order valence-corrected chi connectivity index (χ0v) is 13.4. The van der Waals surface area contributed by atoms with Crippen molar-refractivity contribution < 1.29 is 9.53 Å². The van der Waals surface area contributed by atoms with Crippen molar-refractivity contribution in [3.8, 4) is 5.75 Å². The van der Waals surface area contributed by atoms with Crippen LogP contribution in [0.25, 0.3) is 0 Å². The number of ether oxygens (including phenoxy) is 1. The summed E-state index contributed by atoms with van der Waals surface area (Å²) in [5, 5.41) is 7.95. The van der Waals surface area contributed by atoms with E-state index in [4.69, 9.17) is 4.74 Å². The largest absolute Gasteiger partial charge is 0.497 e. The molecule has 20 heavy (non-hydrogen) atoms. The molecule has 2 aromatic rings. The maximum absolute atomic E-state index is 11.8. The van der Waals surface area contributed by atoms with Crippen molar-refractivity contribution in [2.75, 3.05) is 19.0 Å². The van der Waals surface area contributed by atoms with E-state index in [9.17, 15) is 4.79 Å². The van der Waals surface area contributed by atoms with Crippen LogP contribution in [-0.4, -0.2) is 19.6 Å².